The summed E-state index contributed by atoms with van der Waals surface area (Å²) in [5.41, 5.74) is 1.21. The molecule has 0 spiro atoms. The molecule has 0 atom stereocenters. The molecule has 1 saturated carbocycles. The van der Waals surface area contributed by atoms with E-state index >= 15 is 0 Å². The van der Waals surface area contributed by atoms with Gasteiger partial charge in [0, 0.05) is 55.6 Å². The van der Waals surface area contributed by atoms with E-state index in [2.05, 4.69) is 31.5 Å². The molecule has 3 heterocycles. The Hall–Kier alpha value is -1.05. The van der Waals surface area contributed by atoms with Crippen molar-refractivity contribution in [3.8, 4) is 0 Å². The summed E-state index contributed by atoms with van der Waals surface area (Å²) in [7, 11) is 0. The van der Waals surface area contributed by atoms with Crippen LogP contribution in [0, 0.1) is 6.92 Å². The molecule has 0 N–H and O–H groups in total. The fourth-order valence-corrected chi connectivity index (χ4v) is 4.07. The van der Waals surface area contributed by atoms with Crippen molar-refractivity contribution < 1.29 is 0 Å². The summed E-state index contributed by atoms with van der Waals surface area (Å²) in [6, 6.07) is 0. The van der Waals surface area contributed by atoms with E-state index < -0.39 is 0 Å². The van der Waals surface area contributed by atoms with E-state index in [1.807, 2.05) is 0 Å². The van der Waals surface area contributed by atoms with E-state index in [0.29, 0.717) is 5.92 Å². The van der Waals surface area contributed by atoms with Gasteiger partial charge in [-0.3, -0.25) is 4.90 Å². The normalized spacial score (nSPS) is 20.1. The lowest BCUT2D eigenvalue weighted by atomic mass is 10.3. The highest BCUT2D eigenvalue weighted by molar-refractivity contribution is 7.09. The van der Waals surface area contributed by atoms with Gasteiger partial charge in [0.2, 0.25) is 5.13 Å². The molecule has 2 aromatic heterocycles. The minimum absolute atomic E-state index is 0.657. The van der Waals surface area contributed by atoms with Crippen LogP contribution in [0.25, 0.3) is 0 Å². The Bertz CT molecular complexity index is 610. The van der Waals surface area contributed by atoms with E-state index in [1.54, 1.807) is 22.9 Å². The summed E-state index contributed by atoms with van der Waals surface area (Å²) in [4.78, 5) is 14.1. The van der Waals surface area contributed by atoms with E-state index in [-0.39, 0.29) is 0 Å². The highest BCUT2D eigenvalue weighted by atomic mass is 32.1. The van der Waals surface area contributed by atoms with Gasteiger partial charge in [-0.1, -0.05) is 0 Å². The van der Waals surface area contributed by atoms with E-state index in [4.69, 9.17) is 4.98 Å². The highest BCUT2D eigenvalue weighted by Gasteiger charge is 2.29. The molecule has 1 saturated heterocycles. The number of nitrogens with zero attached hydrogens (tertiary/aromatic N) is 5. The molecule has 5 nitrogen and oxygen atoms in total. The van der Waals surface area contributed by atoms with Gasteiger partial charge in [-0.05, 0) is 19.8 Å². The van der Waals surface area contributed by atoms with E-state index in [0.717, 1.165) is 48.7 Å². The molecule has 112 valence electrons. The fraction of sp³-hybridized carbons (Fsp3) is 0.643. The zero-order chi connectivity index (χ0) is 14.2. The lowest BCUT2D eigenvalue weighted by Gasteiger charge is -2.33. The number of anilines is 1. The van der Waals surface area contributed by atoms with Gasteiger partial charge in [0.05, 0.1) is 10.7 Å². The molecule has 0 aromatic carbocycles. The minimum atomic E-state index is 0.657. The molecule has 2 fully saturated rings. The van der Waals surface area contributed by atoms with Crippen molar-refractivity contribution in [1.29, 1.82) is 0 Å². The molecule has 4 rings (SSSR count). The molecule has 0 amide bonds. The number of rotatable bonds is 4. The maximum Gasteiger partial charge on any atom is 0.205 e. The van der Waals surface area contributed by atoms with Crippen LogP contribution in [0.4, 0.5) is 5.13 Å². The lowest BCUT2D eigenvalue weighted by Crippen LogP contribution is -2.46. The largest absolute Gasteiger partial charge is 0.344 e. The SMILES string of the molecule is Cc1nc(CN2CCN(c3nc(C4CC4)ns3)CC2)cs1. The third-order valence-corrected chi connectivity index (χ3v) is 5.68. The maximum absolute atomic E-state index is 4.71. The Balaban J connectivity index is 1.33. The van der Waals surface area contributed by atoms with Crippen molar-refractivity contribution >= 4 is 28.0 Å². The zero-order valence-corrected chi connectivity index (χ0v) is 13.8. The first-order valence-electron chi connectivity index (χ1n) is 7.50. The second-order valence-corrected chi connectivity index (χ2v) is 7.62. The number of hydrogen-bond donors (Lipinski definition) is 0. The van der Waals surface area contributed by atoms with Crippen LogP contribution in [-0.4, -0.2) is 45.4 Å². The van der Waals surface area contributed by atoms with Crippen LogP contribution in [0.1, 0.15) is 35.3 Å². The van der Waals surface area contributed by atoms with Crippen molar-refractivity contribution in [3.63, 3.8) is 0 Å². The van der Waals surface area contributed by atoms with Gasteiger partial charge in [-0.2, -0.15) is 4.37 Å². The van der Waals surface area contributed by atoms with E-state index in [1.165, 1.54) is 18.5 Å². The van der Waals surface area contributed by atoms with Crippen molar-refractivity contribution in [2.75, 3.05) is 31.1 Å². The van der Waals surface area contributed by atoms with E-state index in [9.17, 15) is 0 Å². The Morgan fingerprint density at radius 3 is 2.67 bits per heavy atom. The van der Waals surface area contributed by atoms with Gasteiger partial charge >= 0.3 is 0 Å². The predicted octanol–water partition coefficient (Wildman–Crippen LogP) is 2.50. The second-order valence-electron chi connectivity index (χ2n) is 5.83. The predicted molar refractivity (Wildman–Crippen MR) is 86.2 cm³/mol. The first kappa shape index (κ1) is 13.6. The number of thiazole rings is 1. The molecular formula is C14H19N5S2. The number of piperazine rings is 1. The Labute approximate surface area is 132 Å². The summed E-state index contributed by atoms with van der Waals surface area (Å²) < 4.78 is 4.51. The smallest absolute Gasteiger partial charge is 0.205 e. The molecule has 21 heavy (non-hydrogen) atoms. The number of hydrogen-bond acceptors (Lipinski definition) is 7. The second kappa shape index (κ2) is 5.62. The number of aryl methyl sites for hydroxylation is 1. The molecule has 1 aliphatic heterocycles. The third kappa shape index (κ3) is 3.09. The summed E-state index contributed by atoms with van der Waals surface area (Å²) in [6.45, 7) is 7.29. The monoisotopic (exact) mass is 321 g/mol. The first-order chi connectivity index (χ1) is 10.3. The molecule has 7 heteroatoms. The van der Waals surface area contributed by atoms with Gasteiger partial charge in [0.1, 0.15) is 5.82 Å². The first-order valence-corrected chi connectivity index (χ1v) is 9.15. The summed E-state index contributed by atoms with van der Waals surface area (Å²) >= 11 is 3.31. The van der Waals surface area contributed by atoms with Gasteiger partial charge in [0.25, 0.3) is 0 Å². The average Bonchev–Trinajstić information content (AvgIpc) is 3.09. The molecule has 2 aromatic rings. The standard InChI is InChI=1S/C14H19N5S2/c1-10-15-12(9-20-10)8-18-4-6-19(7-5-18)14-16-13(17-21-14)11-2-3-11/h9,11H,2-8H2,1H3. The molecule has 0 unspecified atom stereocenters. The van der Waals surface area contributed by atoms with Crippen LogP contribution in [-0.2, 0) is 6.54 Å². The summed E-state index contributed by atoms with van der Waals surface area (Å²) in [5.74, 6) is 1.74. The summed E-state index contributed by atoms with van der Waals surface area (Å²) in [5, 5.41) is 4.44. The average molecular weight is 321 g/mol. The zero-order valence-electron chi connectivity index (χ0n) is 12.2. The van der Waals surface area contributed by atoms with Crippen molar-refractivity contribution in [3.05, 3.63) is 21.9 Å². The minimum Gasteiger partial charge on any atom is -0.344 e. The molecule has 0 bridgehead atoms. The van der Waals surface area contributed by atoms with Crippen LogP contribution < -0.4 is 4.90 Å². The number of aromatic nitrogens is 3. The molecular weight excluding hydrogens is 302 g/mol. The third-order valence-electron chi connectivity index (χ3n) is 4.07. The van der Waals surface area contributed by atoms with Gasteiger partial charge in [-0.15, -0.1) is 11.3 Å². The van der Waals surface area contributed by atoms with Crippen molar-refractivity contribution in [2.45, 2.75) is 32.2 Å². The van der Waals surface area contributed by atoms with Crippen LogP contribution in [0.5, 0.6) is 0 Å². The van der Waals surface area contributed by atoms with Gasteiger partial charge in [-0.25, -0.2) is 9.97 Å². The van der Waals surface area contributed by atoms with Crippen molar-refractivity contribution in [1.82, 2.24) is 19.2 Å². The molecule has 1 aliphatic carbocycles. The Kier molecular flexibility index (Phi) is 3.64. The molecule has 0 radical (unpaired) electrons. The van der Waals surface area contributed by atoms with Gasteiger partial charge in [0.15, 0.2) is 0 Å². The Morgan fingerprint density at radius 1 is 1.19 bits per heavy atom. The highest BCUT2D eigenvalue weighted by Crippen LogP contribution is 2.39. The van der Waals surface area contributed by atoms with Crippen LogP contribution in [0.2, 0.25) is 0 Å². The topological polar surface area (TPSA) is 45.2 Å². The molecule has 2 aliphatic rings. The maximum atomic E-state index is 4.71. The van der Waals surface area contributed by atoms with Crippen LogP contribution >= 0.6 is 22.9 Å². The van der Waals surface area contributed by atoms with Crippen LogP contribution in [0.3, 0.4) is 0 Å². The lowest BCUT2D eigenvalue weighted by molar-refractivity contribution is 0.247. The fourth-order valence-electron chi connectivity index (χ4n) is 2.67. The Morgan fingerprint density at radius 2 is 2.00 bits per heavy atom. The van der Waals surface area contributed by atoms with Crippen molar-refractivity contribution in [2.24, 2.45) is 0 Å². The summed E-state index contributed by atoms with van der Waals surface area (Å²) in [6.07, 6.45) is 2.55. The van der Waals surface area contributed by atoms with Crippen LogP contribution in [0.15, 0.2) is 5.38 Å². The van der Waals surface area contributed by atoms with Gasteiger partial charge < -0.3 is 4.90 Å². The quantitative estimate of drug-likeness (QED) is 0.866.